The third kappa shape index (κ3) is 3.18. The van der Waals surface area contributed by atoms with Crippen LogP contribution >= 0.6 is 11.6 Å². The number of nitrogens with one attached hydrogen (secondary N) is 1. The first-order valence-electron chi connectivity index (χ1n) is 5.73. The maximum atomic E-state index is 12.0. The summed E-state index contributed by atoms with van der Waals surface area (Å²) in [4.78, 5) is 12.0. The quantitative estimate of drug-likeness (QED) is 0.832. The van der Waals surface area contributed by atoms with Crippen molar-refractivity contribution in [2.24, 2.45) is 0 Å². The number of amides is 1. The van der Waals surface area contributed by atoms with E-state index in [1.54, 1.807) is 25.1 Å². The van der Waals surface area contributed by atoms with Crippen LogP contribution in [0.3, 0.4) is 0 Å². The minimum absolute atomic E-state index is 0.140. The Kier molecular flexibility index (Phi) is 4.41. The molecular weight excluding hydrogens is 280 g/mol. The lowest BCUT2D eigenvalue weighted by Crippen LogP contribution is -2.13. The van der Waals surface area contributed by atoms with Gasteiger partial charge < -0.3 is 14.9 Å². The summed E-state index contributed by atoms with van der Waals surface area (Å²) in [7, 11) is 0. The highest BCUT2D eigenvalue weighted by atomic mass is 35.5. The molecule has 6 heteroatoms. The number of anilines is 1. The SMILES string of the molecule is Cc1cnoc1C(=O)Nc1ccc(Cl)cc1C#CCO. The van der Waals surface area contributed by atoms with Gasteiger partial charge in [0.2, 0.25) is 5.76 Å². The first kappa shape index (κ1) is 14.1. The zero-order valence-corrected chi connectivity index (χ0v) is 11.4. The number of carbonyl (C=O) groups is 1. The zero-order chi connectivity index (χ0) is 14.5. The predicted molar refractivity (Wildman–Crippen MR) is 74.6 cm³/mol. The zero-order valence-electron chi connectivity index (χ0n) is 10.6. The number of carbonyl (C=O) groups excluding carboxylic acids is 1. The Morgan fingerprint density at radius 3 is 3.00 bits per heavy atom. The van der Waals surface area contributed by atoms with Crippen molar-refractivity contribution in [2.45, 2.75) is 6.92 Å². The standard InChI is InChI=1S/C14H11ClN2O3/c1-9-8-16-20-13(9)14(19)17-12-5-4-11(15)7-10(12)3-2-6-18/h4-5,7-8,18H,6H2,1H3,(H,17,19). The number of aryl methyl sites for hydroxylation is 1. The number of hydrogen-bond acceptors (Lipinski definition) is 4. The van der Waals surface area contributed by atoms with Gasteiger partial charge in [0.1, 0.15) is 6.61 Å². The van der Waals surface area contributed by atoms with E-state index in [0.29, 0.717) is 21.8 Å². The molecule has 0 aliphatic carbocycles. The van der Waals surface area contributed by atoms with E-state index >= 15 is 0 Å². The molecule has 0 radical (unpaired) electrons. The lowest BCUT2D eigenvalue weighted by atomic mass is 10.1. The van der Waals surface area contributed by atoms with E-state index < -0.39 is 5.91 Å². The molecule has 1 aromatic carbocycles. The highest BCUT2D eigenvalue weighted by molar-refractivity contribution is 6.30. The molecule has 0 fully saturated rings. The Hall–Kier alpha value is -2.29. The van der Waals surface area contributed by atoms with Crippen molar-refractivity contribution in [1.82, 2.24) is 5.16 Å². The Bertz CT molecular complexity index is 698. The van der Waals surface area contributed by atoms with Crippen LogP contribution < -0.4 is 5.32 Å². The Balaban J connectivity index is 2.29. The fraction of sp³-hybridized carbons (Fsp3) is 0.143. The van der Waals surface area contributed by atoms with Gasteiger partial charge in [0, 0.05) is 16.1 Å². The number of benzene rings is 1. The molecule has 0 saturated carbocycles. The highest BCUT2D eigenvalue weighted by Crippen LogP contribution is 2.21. The van der Waals surface area contributed by atoms with Crippen LogP contribution in [0, 0.1) is 18.8 Å². The first-order valence-corrected chi connectivity index (χ1v) is 6.11. The summed E-state index contributed by atoms with van der Waals surface area (Å²) >= 11 is 5.89. The summed E-state index contributed by atoms with van der Waals surface area (Å²) in [6, 6.07) is 4.87. The van der Waals surface area contributed by atoms with Crippen LogP contribution in [-0.4, -0.2) is 22.8 Å². The lowest BCUT2D eigenvalue weighted by molar-refractivity contribution is 0.0987. The Morgan fingerprint density at radius 2 is 2.35 bits per heavy atom. The molecule has 0 aliphatic heterocycles. The number of aliphatic hydroxyl groups excluding tert-OH is 1. The van der Waals surface area contributed by atoms with Gasteiger partial charge in [0.05, 0.1) is 11.9 Å². The van der Waals surface area contributed by atoms with Gasteiger partial charge in [-0.25, -0.2) is 0 Å². The van der Waals surface area contributed by atoms with Crippen LogP contribution in [0.5, 0.6) is 0 Å². The van der Waals surface area contributed by atoms with Crippen molar-refractivity contribution >= 4 is 23.2 Å². The number of aromatic nitrogens is 1. The number of halogens is 1. The van der Waals surface area contributed by atoms with Crippen LogP contribution in [0.15, 0.2) is 28.9 Å². The van der Waals surface area contributed by atoms with Gasteiger partial charge in [-0.05, 0) is 25.1 Å². The molecule has 2 aromatic rings. The van der Waals surface area contributed by atoms with Crippen molar-refractivity contribution in [2.75, 3.05) is 11.9 Å². The topological polar surface area (TPSA) is 75.4 Å². The molecule has 0 aliphatic rings. The van der Waals surface area contributed by atoms with E-state index in [9.17, 15) is 4.79 Å². The van der Waals surface area contributed by atoms with Crippen LogP contribution in [0.25, 0.3) is 0 Å². The Morgan fingerprint density at radius 1 is 1.55 bits per heavy atom. The maximum absolute atomic E-state index is 12.0. The number of hydrogen-bond donors (Lipinski definition) is 2. The van der Waals surface area contributed by atoms with Crippen LogP contribution in [0.4, 0.5) is 5.69 Å². The fourth-order valence-corrected chi connectivity index (χ4v) is 1.72. The second kappa shape index (κ2) is 6.24. The molecule has 1 heterocycles. The van der Waals surface area contributed by atoms with E-state index in [1.165, 1.54) is 6.20 Å². The third-order valence-electron chi connectivity index (χ3n) is 2.49. The fourth-order valence-electron chi connectivity index (χ4n) is 1.55. The molecule has 0 unspecified atom stereocenters. The molecule has 1 amide bonds. The molecule has 1 aromatic heterocycles. The van der Waals surface area contributed by atoms with Gasteiger partial charge >= 0.3 is 0 Å². The summed E-state index contributed by atoms with van der Waals surface area (Å²) in [5, 5.41) is 15.5. The van der Waals surface area contributed by atoms with Crippen molar-refractivity contribution in [3.8, 4) is 11.8 Å². The number of rotatable bonds is 2. The molecule has 5 nitrogen and oxygen atoms in total. The van der Waals surface area contributed by atoms with Crippen LogP contribution in [-0.2, 0) is 0 Å². The van der Waals surface area contributed by atoms with Crippen molar-refractivity contribution in [3.63, 3.8) is 0 Å². The first-order chi connectivity index (χ1) is 9.61. The van der Waals surface area contributed by atoms with E-state index in [1.807, 2.05) is 0 Å². The molecule has 0 bridgehead atoms. The number of aliphatic hydroxyl groups is 1. The van der Waals surface area contributed by atoms with Crippen molar-refractivity contribution in [1.29, 1.82) is 0 Å². The van der Waals surface area contributed by atoms with Crippen molar-refractivity contribution in [3.05, 3.63) is 46.3 Å². The molecular formula is C14H11ClN2O3. The third-order valence-corrected chi connectivity index (χ3v) is 2.72. The summed E-state index contributed by atoms with van der Waals surface area (Å²) < 4.78 is 4.88. The largest absolute Gasteiger partial charge is 0.384 e. The van der Waals surface area contributed by atoms with E-state index in [4.69, 9.17) is 21.2 Å². The molecule has 0 saturated heterocycles. The average molecular weight is 291 g/mol. The highest BCUT2D eigenvalue weighted by Gasteiger charge is 2.15. The summed E-state index contributed by atoms with van der Waals surface area (Å²) in [6.07, 6.45) is 1.46. The molecule has 2 N–H and O–H groups in total. The van der Waals surface area contributed by atoms with E-state index in [2.05, 4.69) is 22.3 Å². The molecule has 20 heavy (non-hydrogen) atoms. The van der Waals surface area contributed by atoms with Crippen LogP contribution in [0.1, 0.15) is 21.7 Å². The van der Waals surface area contributed by atoms with Crippen LogP contribution in [0.2, 0.25) is 5.02 Å². The maximum Gasteiger partial charge on any atom is 0.294 e. The van der Waals surface area contributed by atoms with Gasteiger partial charge in [0.25, 0.3) is 5.91 Å². The summed E-state index contributed by atoms with van der Waals surface area (Å²) in [5.74, 6) is 4.95. The van der Waals surface area contributed by atoms with Gasteiger partial charge in [0.15, 0.2) is 0 Å². The monoisotopic (exact) mass is 290 g/mol. The minimum Gasteiger partial charge on any atom is -0.384 e. The average Bonchev–Trinajstić information content (AvgIpc) is 2.85. The summed E-state index contributed by atoms with van der Waals surface area (Å²) in [6.45, 7) is 1.45. The van der Waals surface area contributed by atoms with Gasteiger partial charge in [-0.15, -0.1) is 0 Å². The van der Waals surface area contributed by atoms with Crippen molar-refractivity contribution < 1.29 is 14.4 Å². The second-order valence-corrected chi connectivity index (χ2v) is 4.38. The molecule has 2 rings (SSSR count). The van der Waals surface area contributed by atoms with E-state index in [-0.39, 0.29) is 12.4 Å². The van der Waals surface area contributed by atoms with E-state index in [0.717, 1.165) is 0 Å². The van der Waals surface area contributed by atoms with Gasteiger partial charge in [-0.1, -0.05) is 28.6 Å². The Labute approximate surface area is 120 Å². The lowest BCUT2D eigenvalue weighted by Gasteiger charge is -2.06. The second-order valence-electron chi connectivity index (χ2n) is 3.94. The molecule has 0 atom stereocenters. The summed E-state index contributed by atoms with van der Waals surface area (Å²) in [5.41, 5.74) is 1.63. The van der Waals surface area contributed by atoms with Gasteiger partial charge in [-0.3, -0.25) is 4.79 Å². The minimum atomic E-state index is -0.422. The van der Waals surface area contributed by atoms with Gasteiger partial charge in [-0.2, -0.15) is 0 Å². The molecule has 102 valence electrons. The predicted octanol–water partition coefficient (Wildman–Crippen LogP) is 2.23. The number of nitrogens with zero attached hydrogens (tertiary/aromatic N) is 1. The normalized spacial score (nSPS) is 9.75. The smallest absolute Gasteiger partial charge is 0.294 e. The molecule has 0 spiro atoms.